The number of fused-ring (bicyclic) bond motifs is 1. The van der Waals surface area contributed by atoms with Gasteiger partial charge in [0.05, 0.1) is 13.7 Å². The molecule has 12 nitrogen and oxygen atoms in total. The van der Waals surface area contributed by atoms with Crippen molar-refractivity contribution in [1.29, 1.82) is 0 Å². The summed E-state index contributed by atoms with van der Waals surface area (Å²) < 4.78 is 22.0. The summed E-state index contributed by atoms with van der Waals surface area (Å²) >= 11 is 0. The number of aromatic hydroxyl groups is 2. The lowest BCUT2D eigenvalue weighted by Crippen LogP contribution is -2.60. The molecule has 1 fully saturated rings. The molecule has 2 aliphatic heterocycles. The Morgan fingerprint density at radius 2 is 1.71 bits per heavy atom. The van der Waals surface area contributed by atoms with Gasteiger partial charge in [0.1, 0.15) is 47.2 Å². The highest BCUT2D eigenvalue weighted by Crippen LogP contribution is 2.44. The average Bonchev–Trinajstić information content (AvgIpc) is 2.83. The standard InChI is InChI=1S/C22H24O12/c1-31-9-5-12-15(13(6-9)33-22-20(30)18(28)16(26)14(7-23)34-22)17(27)19(29)21(32-12)8-2-3-10(24)11(25)4-8/h2-6,14,16,18-26,28-30H,7H2,1H3. The highest BCUT2D eigenvalue weighted by atomic mass is 16.7. The second-order valence-electron chi connectivity index (χ2n) is 7.91. The van der Waals surface area contributed by atoms with Crippen LogP contribution in [-0.2, 0) is 4.74 Å². The Labute approximate surface area is 192 Å². The van der Waals surface area contributed by atoms with Crippen molar-refractivity contribution < 1.29 is 59.5 Å². The van der Waals surface area contributed by atoms with E-state index in [0.717, 1.165) is 6.07 Å². The van der Waals surface area contributed by atoms with Crippen LogP contribution in [0.5, 0.6) is 28.7 Å². The zero-order valence-corrected chi connectivity index (χ0v) is 17.8. The molecule has 2 aromatic rings. The van der Waals surface area contributed by atoms with E-state index in [9.17, 15) is 40.5 Å². The predicted molar refractivity (Wildman–Crippen MR) is 111 cm³/mol. The van der Waals surface area contributed by atoms with E-state index >= 15 is 0 Å². The average molecular weight is 480 g/mol. The molecule has 0 amide bonds. The Hall–Kier alpha value is -3.13. The number of phenolic OH excluding ortho intramolecular Hbond substituents is 2. The van der Waals surface area contributed by atoms with Crippen molar-refractivity contribution in [1.82, 2.24) is 0 Å². The van der Waals surface area contributed by atoms with Gasteiger partial charge in [0, 0.05) is 12.1 Å². The van der Waals surface area contributed by atoms with Crippen molar-refractivity contribution in [3.05, 3.63) is 41.5 Å². The summed E-state index contributed by atoms with van der Waals surface area (Å²) in [4.78, 5) is 13.1. The van der Waals surface area contributed by atoms with Gasteiger partial charge in [-0.05, 0) is 17.7 Å². The molecule has 0 saturated carbocycles. The first-order chi connectivity index (χ1) is 16.2. The molecule has 12 heteroatoms. The van der Waals surface area contributed by atoms with Gasteiger partial charge in [-0.1, -0.05) is 6.07 Å². The first kappa shape index (κ1) is 24.0. The molecule has 2 aromatic carbocycles. The van der Waals surface area contributed by atoms with Crippen LogP contribution in [0.1, 0.15) is 22.0 Å². The summed E-state index contributed by atoms with van der Waals surface area (Å²) in [6, 6.07) is 6.34. The second kappa shape index (κ2) is 9.25. The Morgan fingerprint density at radius 3 is 2.35 bits per heavy atom. The Balaban J connectivity index is 1.71. The summed E-state index contributed by atoms with van der Waals surface area (Å²) in [5.74, 6) is -1.76. The van der Waals surface area contributed by atoms with Crippen molar-refractivity contribution in [3.63, 3.8) is 0 Å². The van der Waals surface area contributed by atoms with Gasteiger partial charge in [-0.2, -0.15) is 0 Å². The number of carbonyl (C=O) groups excluding carboxylic acids is 1. The lowest BCUT2D eigenvalue weighted by atomic mass is 9.92. The number of phenols is 2. The molecule has 184 valence electrons. The van der Waals surface area contributed by atoms with Gasteiger partial charge in [-0.25, -0.2) is 0 Å². The Morgan fingerprint density at radius 1 is 0.971 bits per heavy atom. The third kappa shape index (κ3) is 4.11. The monoisotopic (exact) mass is 480 g/mol. The van der Waals surface area contributed by atoms with Gasteiger partial charge < -0.3 is 54.7 Å². The van der Waals surface area contributed by atoms with E-state index in [-0.39, 0.29) is 28.4 Å². The van der Waals surface area contributed by atoms with Crippen molar-refractivity contribution in [2.24, 2.45) is 0 Å². The zero-order chi connectivity index (χ0) is 24.7. The largest absolute Gasteiger partial charge is 0.504 e. The summed E-state index contributed by atoms with van der Waals surface area (Å²) in [7, 11) is 1.34. The molecule has 34 heavy (non-hydrogen) atoms. The van der Waals surface area contributed by atoms with Crippen LogP contribution < -0.4 is 14.2 Å². The molecular weight excluding hydrogens is 456 g/mol. The van der Waals surface area contributed by atoms with Crippen molar-refractivity contribution in [2.75, 3.05) is 13.7 Å². The molecule has 2 heterocycles. The number of hydrogen-bond donors (Lipinski definition) is 7. The third-order valence-corrected chi connectivity index (χ3v) is 5.75. The number of aliphatic hydroxyl groups excluding tert-OH is 5. The van der Waals surface area contributed by atoms with Crippen LogP contribution in [0.3, 0.4) is 0 Å². The van der Waals surface area contributed by atoms with E-state index in [1.165, 1.54) is 31.4 Å². The molecule has 0 bridgehead atoms. The molecule has 1 saturated heterocycles. The molecule has 0 radical (unpaired) electrons. The number of hydrogen-bond acceptors (Lipinski definition) is 12. The summed E-state index contributed by atoms with van der Waals surface area (Å²) in [6.45, 7) is -0.678. The van der Waals surface area contributed by atoms with Crippen LogP contribution in [0, 0.1) is 0 Å². The van der Waals surface area contributed by atoms with Gasteiger partial charge >= 0.3 is 0 Å². The van der Waals surface area contributed by atoms with Gasteiger partial charge in [-0.15, -0.1) is 0 Å². The molecule has 7 N–H and O–H groups in total. The summed E-state index contributed by atoms with van der Waals surface area (Å²) in [5, 5.41) is 69.6. The van der Waals surface area contributed by atoms with Crippen molar-refractivity contribution in [3.8, 4) is 28.7 Å². The van der Waals surface area contributed by atoms with Crippen LogP contribution in [-0.4, -0.2) is 92.1 Å². The first-order valence-corrected chi connectivity index (χ1v) is 10.3. The predicted octanol–water partition coefficient (Wildman–Crippen LogP) is -1.04. The maximum absolute atomic E-state index is 13.1. The molecule has 7 atom stereocenters. The second-order valence-corrected chi connectivity index (χ2v) is 7.91. The highest BCUT2D eigenvalue weighted by Gasteiger charge is 2.46. The van der Waals surface area contributed by atoms with Gasteiger partial charge in [0.2, 0.25) is 12.1 Å². The number of carbonyl (C=O) groups is 1. The van der Waals surface area contributed by atoms with Gasteiger partial charge in [0.15, 0.2) is 23.7 Å². The minimum Gasteiger partial charge on any atom is -0.504 e. The van der Waals surface area contributed by atoms with E-state index in [1.807, 2.05) is 0 Å². The Bertz CT molecular complexity index is 1070. The molecule has 7 unspecified atom stereocenters. The fourth-order valence-corrected chi connectivity index (χ4v) is 3.86. The van der Waals surface area contributed by atoms with Crippen LogP contribution in [0.25, 0.3) is 0 Å². The van der Waals surface area contributed by atoms with E-state index < -0.39 is 66.8 Å². The van der Waals surface area contributed by atoms with Gasteiger partial charge in [-0.3, -0.25) is 4.79 Å². The summed E-state index contributed by atoms with van der Waals surface area (Å²) in [6.07, 6.45) is -10.9. The molecule has 4 rings (SSSR count). The quantitative estimate of drug-likeness (QED) is 0.257. The minimum atomic E-state index is -1.74. The van der Waals surface area contributed by atoms with Gasteiger partial charge in [0.25, 0.3) is 0 Å². The fraction of sp³-hybridized carbons (Fsp3) is 0.409. The molecular formula is C22H24O12. The fourth-order valence-electron chi connectivity index (χ4n) is 3.86. The normalized spacial score (nSPS) is 30.9. The van der Waals surface area contributed by atoms with Crippen LogP contribution in [0.15, 0.2) is 30.3 Å². The molecule has 0 aromatic heterocycles. The lowest BCUT2D eigenvalue weighted by molar-refractivity contribution is -0.277. The SMILES string of the molecule is COc1cc(OC2OC(CO)C(O)C(O)C2O)c2c(c1)OC(c1ccc(O)c(O)c1)C(O)C2=O. The van der Waals surface area contributed by atoms with Crippen LogP contribution >= 0.6 is 0 Å². The lowest BCUT2D eigenvalue weighted by Gasteiger charge is -2.40. The number of rotatable bonds is 5. The number of benzene rings is 2. The maximum atomic E-state index is 13.1. The van der Waals surface area contributed by atoms with E-state index in [4.69, 9.17) is 18.9 Å². The first-order valence-electron chi connectivity index (χ1n) is 10.3. The highest BCUT2D eigenvalue weighted by molar-refractivity contribution is 6.05. The van der Waals surface area contributed by atoms with Crippen LogP contribution in [0.2, 0.25) is 0 Å². The van der Waals surface area contributed by atoms with Crippen molar-refractivity contribution in [2.45, 2.75) is 42.9 Å². The number of ether oxygens (including phenoxy) is 4. The van der Waals surface area contributed by atoms with E-state index in [1.54, 1.807) is 0 Å². The summed E-state index contributed by atoms with van der Waals surface area (Å²) in [5.41, 5.74) is 0.00512. The third-order valence-electron chi connectivity index (χ3n) is 5.75. The minimum absolute atomic E-state index is 0.0493. The number of Topliss-reactive ketones (excluding diaryl/α,β-unsaturated/α-hetero) is 1. The van der Waals surface area contributed by atoms with E-state index in [2.05, 4.69) is 0 Å². The topological polar surface area (TPSA) is 196 Å². The van der Waals surface area contributed by atoms with Crippen LogP contribution in [0.4, 0.5) is 0 Å². The number of ketones is 1. The zero-order valence-electron chi connectivity index (χ0n) is 17.8. The molecule has 2 aliphatic rings. The molecule has 0 spiro atoms. The van der Waals surface area contributed by atoms with Crippen molar-refractivity contribution >= 4 is 5.78 Å². The Kier molecular flexibility index (Phi) is 6.53. The smallest absolute Gasteiger partial charge is 0.229 e. The number of methoxy groups -OCH3 is 1. The molecule has 0 aliphatic carbocycles. The van der Waals surface area contributed by atoms with E-state index in [0.29, 0.717) is 0 Å². The maximum Gasteiger partial charge on any atom is 0.229 e. The number of aliphatic hydroxyl groups is 5.